The van der Waals surface area contributed by atoms with E-state index in [1.54, 1.807) is 17.5 Å². The molecule has 2 heterocycles. The van der Waals surface area contributed by atoms with E-state index in [0.29, 0.717) is 16.9 Å². The number of carbonyl (C=O) groups excluding carboxylic acids is 1. The molecule has 0 saturated carbocycles. The molecule has 22 heavy (non-hydrogen) atoms. The minimum absolute atomic E-state index is 0.00622. The number of carbonyl (C=O) groups is 1. The highest BCUT2D eigenvalue weighted by Crippen LogP contribution is 2.21. The maximum absolute atomic E-state index is 13.5. The zero-order chi connectivity index (χ0) is 16.4. The lowest BCUT2D eigenvalue weighted by Gasteiger charge is -2.12. The van der Waals surface area contributed by atoms with Crippen molar-refractivity contribution in [1.82, 2.24) is 14.2 Å². The molecule has 6 nitrogen and oxygen atoms in total. The average molecular weight is 309 g/mol. The van der Waals surface area contributed by atoms with E-state index in [4.69, 9.17) is 4.74 Å². The van der Waals surface area contributed by atoms with Gasteiger partial charge in [0.2, 0.25) is 0 Å². The maximum atomic E-state index is 13.5. The van der Waals surface area contributed by atoms with Crippen LogP contribution in [0.3, 0.4) is 0 Å². The fraction of sp³-hybridized carbons (Fsp3) is 0.533. The van der Waals surface area contributed by atoms with E-state index in [1.165, 1.54) is 13.0 Å². The molecule has 7 heteroatoms. The number of alkyl halides is 1. The molecule has 0 radical (unpaired) electrons. The van der Waals surface area contributed by atoms with E-state index < -0.39 is 17.7 Å². The van der Waals surface area contributed by atoms with Crippen LogP contribution >= 0.6 is 0 Å². The number of halogens is 1. The predicted octanol–water partition coefficient (Wildman–Crippen LogP) is 2.21. The molecular formula is C15H20FN3O3. The summed E-state index contributed by atoms with van der Waals surface area (Å²) in [5, 5.41) is 4.24. The summed E-state index contributed by atoms with van der Waals surface area (Å²) in [5.41, 5.74) is 0.279. The highest BCUT2D eigenvalue weighted by molar-refractivity contribution is 5.69. The Balaban J connectivity index is 2.61. The molecule has 0 spiro atoms. The number of fused-ring (bicyclic) bond motifs is 1. The van der Waals surface area contributed by atoms with Gasteiger partial charge in [0.25, 0.3) is 5.56 Å². The van der Waals surface area contributed by atoms with Gasteiger partial charge in [-0.15, -0.1) is 0 Å². The number of hydrogen-bond donors (Lipinski definition) is 0. The Morgan fingerprint density at radius 3 is 2.64 bits per heavy atom. The van der Waals surface area contributed by atoms with Gasteiger partial charge in [-0.2, -0.15) is 5.10 Å². The topological polar surface area (TPSA) is 65.6 Å². The first-order chi connectivity index (χ1) is 10.3. The summed E-state index contributed by atoms with van der Waals surface area (Å²) in [7, 11) is 0. The number of hydrogen-bond acceptors (Lipinski definition) is 4. The summed E-state index contributed by atoms with van der Waals surface area (Å²) in [4.78, 5) is 24.0. The zero-order valence-corrected chi connectivity index (χ0v) is 13.2. The Bertz CT molecular complexity index is 746. The van der Waals surface area contributed by atoms with Gasteiger partial charge in [-0.3, -0.25) is 14.0 Å². The van der Waals surface area contributed by atoms with Crippen molar-refractivity contribution in [2.45, 2.75) is 46.3 Å². The Morgan fingerprint density at radius 2 is 2.09 bits per heavy atom. The lowest BCUT2D eigenvalue weighted by Crippen LogP contribution is -2.30. The van der Waals surface area contributed by atoms with E-state index in [0.717, 1.165) is 4.68 Å². The van der Waals surface area contributed by atoms with E-state index in [-0.39, 0.29) is 19.1 Å². The number of rotatable bonds is 5. The summed E-state index contributed by atoms with van der Waals surface area (Å²) >= 11 is 0. The third kappa shape index (κ3) is 3.03. The fourth-order valence-electron chi connectivity index (χ4n) is 2.23. The third-order valence-corrected chi connectivity index (χ3v) is 3.32. The lowest BCUT2D eigenvalue weighted by atomic mass is 10.2. The van der Waals surface area contributed by atoms with Crippen LogP contribution in [-0.2, 0) is 16.1 Å². The summed E-state index contributed by atoms with van der Waals surface area (Å²) in [5.74, 6) is 0.0688. The number of nitrogens with zero attached hydrogens (tertiary/aromatic N) is 3. The summed E-state index contributed by atoms with van der Waals surface area (Å²) in [6.45, 7) is 6.92. The third-order valence-electron chi connectivity index (χ3n) is 3.32. The first-order valence-corrected chi connectivity index (χ1v) is 7.27. The van der Waals surface area contributed by atoms with Crippen LogP contribution in [0.4, 0.5) is 4.39 Å². The van der Waals surface area contributed by atoms with Crippen LogP contribution in [0.5, 0.6) is 0 Å². The van der Waals surface area contributed by atoms with Gasteiger partial charge in [0.1, 0.15) is 24.1 Å². The molecule has 0 saturated heterocycles. The van der Waals surface area contributed by atoms with E-state index in [1.807, 2.05) is 13.8 Å². The molecule has 0 aromatic carbocycles. The normalized spacial score (nSPS) is 12.8. The van der Waals surface area contributed by atoms with Crippen molar-refractivity contribution in [3.63, 3.8) is 0 Å². The van der Waals surface area contributed by atoms with Gasteiger partial charge in [0, 0.05) is 17.7 Å². The molecule has 0 aliphatic rings. The molecule has 0 N–H and O–H groups in total. The molecule has 0 bridgehead atoms. The van der Waals surface area contributed by atoms with Crippen molar-refractivity contribution in [2.24, 2.45) is 0 Å². The van der Waals surface area contributed by atoms with E-state index in [2.05, 4.69) is 5.10 Å². The van der Waals surface area contributed by atoms with Crippen molar-refractivity contribution < 1.29 is 13.9 Å². The Labute approximate surface area is 127 Å². The van der Waals surface area contributed by atoms with Crippen LogP contribution in [-0.4, -0.2) is 26.8 Å². The standard InChI is InChI=1S/C15H20FN3O3/c1-5-22-13(20)8-19-15(21)12-6-11(10(4)16)7-18(12)14(17-19)9(2)3/h6-7,9-10H,5,8H2,1-4H3. The quantitative estimate of drug-likeness (QED) is 0.794. The Hall–Kier alpha value is -2.18. The first-order valence-electron chi connectivity index (χ1n) is 7.27. The second kappa shape index (κ2) is 6.29. The SMILES string of the molecule is CCOC(=O)Cn1nc(C(C)C)n2cc(C(C)F)cc2c1=O. The molecule has 1 atom stereocenters. The molecule has 120 valence electrons. The number of aromatic nitrogens is 3. The second-order valence-electron chi connectivity index (χ2n) is 5.43. The maximum Gasteiger partial charge on any atom is 0.327 e. The molecule has 2 rings (SSSR count). The molecule has 0 amide bonds. The van der Waals surface area contributed by atoms with Crippen LogP contribution in [0.25, 0.3) is 5.52 Å². The van der Waals surface area contributed by atoms with Gasteiger partial charge in [-0.1, -0.05) is 13.8 Å². The largest absolute Gasteiger partial charge is 0.465 e. The van der Waals surface area contributed by atoms with Crippen molar-refractivity contribution in [3.05, 3.63) is 34.0 Å². The van der Waals surface area contributed by atoms with Crippen LogP contribution in [0.2, 0.25) is 0 Å². The zero-order valence-electron chi connectivity index (χ0n) is 13.2. The fourth-order valence-corrected chi connectivity index (χ4v) is 2.23. The lowest BCUT2D eigenvalue weighted by molar-refractivity contribution is -0.144. The Kier molecular flexibility index (Phi) is 4.63. The van der Waals surface area contributed by atoms with E-state index >= 15 is 0 Å². The smallest absolute Gasteiger partial charge is 0.327 e. The molecule has 0 aliphatic carbocycles. The minimum Gasteiger partial charge on any atom is -0.465 e. The van der Waals surface area contributed by atoms with Gasteiger partial charge < -0.3 is 4.74 Å². The van der Waals surface area contributed by atoms with Crippen molar-refractivity contribution in [3.8, 4) is 0 Å². The summed E-state index contributed by atoms with van der Waals surface area (Å²) in [6, 6.07) is 1.50. The average Bonchev–Trinajstić information content (AvgIpc) is 2.87. The highest BCUT2D eigenvalue weighted by Gasteiger charge is 2.18. The van der Waals surface area contributed by atoms with Gasteiger partial charge in [-0.05, 0) is 19.9 Å². The van der Waals surface area contributed by atoms with Crippen molar-refractivity contribution >= 4 is 11.5 Å². The highest BCUT2D eigenvalue weighted by atomic mass is 19.1. The monoisotopic (exact) mass is 309 g/mol. The summed E-state index contributed by atoms with van der Waals surface area (Å²) in [6.07, 6.45) is 0.399. The van der Waals surface area contributed by atoms with Gasteiger partial charge in [0.15, 0.2) is 0 Å². The first kappa shape index (κ1) is 16.2. The molecule has 2 aromatic heterocycles. The van der Waals surface area contributed by atoms with Crippen molar-refractivity contribution in [2.75, 3.05) is 6.61 Å². The van der Waals surface area contributed by atoms with Crippen LogP contribution < -0.4 is 5.56 Å². The summed E-state index contributed by atoms with van der Waals surface area (Å²) < 4.78 is 21.1. The number of ether oxygens (including phenoxy) is 1. The van der Waals surface area contributed by atoms with Crippen LogP contribution in [0, 0.1) is 0 Å². The molecule has 0 fully saturated rings. The van der Waals surface area contributed by atoms with Gasteiger partial charge in [0.05, 0.1) is 6.61 Å². The minimum atomic E-state index is -1.18. The molecule has 1 unspecified atom stereocenters. The molecular weight excluding hydrogens is 289 g/mol. The second-order valence-corrected chi connectivity index (χ2v) is 5.43. The Morgan fingerprint density at radius 1 is 1.41 bits per heavy atom. The van der Waals surface area contributed by atoms with Gasteiger partial charge in [-0.25, -0.2) is 9.07 Å². The predicted molar refractivity (Wildman–Crippen MR) is 79.7 cm³/mol. The van der Waals surface area contributed by atoms with Gasteiger partial charge >= 0.3 is 5.97 Å². The van der Waals surface area contributed by atoms with Crippen molar-refractivity contribution in [1.29, 1.82) is 0 Å². The van der Waals surface area contributed by atoms with Crippen LogP contribution in [0.15, 0.2) is 17.1 Å². The van der Waals surface area contributed by atoms with Crippen LogP contribution in [0.1, 0.15) is 51.2 Å². The molecule has 0 aliphatic heterocycles. The molecule has 2 aromatic rings. The number of esters is 1. The van der Waals surface area contributed by atoms with E-state index in [9.17, 15) is 14.0 Å².